The number of ether oxygens (including phenoxy) is 1. The van der Waals surface area contributed by atoms with Crippen molar-refractivity contribution < 1.29 is 9.53 Å². The van der Waals surface area contributed by atoms with Crippen molar-refractivity contribution in [1.82, 2.24) is 20.1 Å². The molecule has 0 saturated carbocycles. The predicted molar refractivity (Wildman–Crippen MR) is 97.9 cm³/mol. The number of H-pyrrole nitrogens is 1. The monoisotopic (exact) mass is 351 g/mol. The lowest BCUT2D eigenvalue weighted by atomic mass is 9.93. The number of hydrogen-bond donors (Lipinski definition) is 3. The molecule has 1 saturated heterocycles. The van der Waals surface area contributed by atoms with Gasteiger partial charge in [-0.3, -0.25) is 9.48 Å². The van der Waals surface area contributed by atoms with Crippen molar-refractivity contribution in [2.45, 2.75) is 25.5 Å². The lowest BCUT2D eigenvalue weighted by molar-refractivity contribution is 0.0801. The number of aromatic amines is 1. The van der Waals surface area contributed by atoms with E-state index in [-0.39, 0.29) is 0 Å². The third-order valence-corrected chi connectivity index (χ3v) is 5.43. The van der Waals surface area contributed by atoms with Crippen LogP contribution < -0.4 is 11.1 Å². The number of benzene rings is 1. The van der Waals surface area contributed by atoms with Crippen molar-refractivity contribution in [2.24, 2.45) is 5.73 Å². The molecule has 1 unspecified atom stereocenters. The van der Waals surface area contributed by atoms with Crippen molar-refractivity contribution >= 4 is 16.8 Å². The molecule has 0 aliphatic carbocycles. The minimum atomic E-state index is -0.419. The average Bonchev–Trinajstić information content (AvgIpc) is 3.37. The number of nitrogens with zero attached hydrogens (tertiary/aromatic N) is 2. The molecule has 3 aromatic rings. The molecule has 4 N–H and O–H groups in total. The molecule has 4 heterocycles. The van der Waals surface area contributed by atoms with Crippen LogP contribution in [0.2, 0.25) is 0 Å². The molecule has 2 aliphatic rings. The Labute approximate surface area is 150 Å². The largest absolute Gasteiger partial charge is 0.373 e. The Bertz CT molecular complexity index is 973. The van der Waals surface area contributed by atoms with Gasteiger partial charge in [0.25, 0.3) is 5.91 Å². The highest BCUT2D eigenvalue weighted by molar-refractivity contribution is 6.07. The van der Waals surface area contributed by atoms with Crippen molar-refractivity contribution in [3.8, 4) is 11.4 Å². The fourth-order valence-electron chi connectivity index (χ4n) is 4.08. The Kier molecular flexibility index (Phi) is 3.58. The van der Waals surface area contributed by atoms with Crippen molar-refractivity contribution in [3.05, 3.63) is 41.1 Å². The summed E-state index contributed by atoms with van der Waals surface area (Å²) in [5, 5.41) is 9.17. The van der Waals surface area contributed by atoms with Gasteiger partial charge in [-0.1, -0.05) is 6.07 Å². The van der Waals surface area contributed by atoms with E-state index in [1.807, 2.05) is 22.9 Å². The topological polar surface area (TPSA) is 98.0 Å². The second-order valence-electron chi connectivity index (χ2n) is 7.02. The first-order valence-electron chi connectivity index (χ1n) is 9.01. The van der Waals surface area contributed by atoms with Crippen LogP contribution in [0.1, 0.15) is 34.0 Å². The van der Waals surface area contributed by atoms with Crippen LogP contribution in [0.4, 0.5) is 0 Å². The van der Waals surface area contributed by atoms with E-state index < -0.39 is 5.91 Å². The van der Waals surface area contributed by atoms with E-state index >= 15 is 0 Å². The summed E-state index contributed by atoms with van der Waals surface area (Å²) in [6, 6.07) is 8.03. The molecule has 1 aromatic carbocycles. The first-order chi connectivity index (χ1) is 12.7. The highest BCUT2D eigenvalue weighted by Gasteiger charge is 2.23. The highest BCUT2D eigenvalue weighted by Crippen LogP contribution is 2.34. The predicted octanol–water partition coefficient (Wildman–Crippen LogP) is 1.74. The number of amides is 1. The van der Waals surface area contributed by atoms with Gasteiger partial charge in [0.15, 0.2) is 0 Å². The summed E-state index contributed by atoms with van der Waals surface area (Å²) in [7, 11) is 0. The van der Waals surface area contributed by atoms with E-state index in [0.29, 0.717) is 24.7 Å². The molecule has 7 heteroatoms. The van der Waals surface area contributed by atoms with Gasteiger partial charge in [-0.25, -0.2) is 0 Å². The van der Waals surface area contributed by atoms with Gasteiger partial charge < -0.3 is 20.8 Å². The molecule has 134 valence electrons. The molecule has 0 radical (unpaired) electrons. The minimum absolute atomic E-state index is 0.419. The van der Waals surface area contributed by atoms with Crippen LogP contribution >= 0.6 is 0 Å². The Hall–Kier alpha value is -2.64. The number of carbonyl (C=O) groups is 1. The van der Waals surface area contributed by atoms with Gasteiger partial charge in [-0.05, 0) is 42.6 Å². The van der Waals surface area contributed by atoms with Crippen molar-refractivity contribution in [3.63, 3.8) is 0 Å². The molecular weight excluding hydrogens is 330 g/mol. The summed E-state index contributed by atoms with van der Waals surface area (Å²) >= 11 is 0. The quantitative estimate of drug-likeness (QED) is 0.669. The lowest BCUT2D eigenvalue weighted by Gasteiger charge is -2.12. The SMILES string of the molecule is NC(=O)c1ccc(C2CCNC2)c2cc(-c3cc4n(n3)CCOC4)[nH]c12. The smallest absolute Gasteiger partial charge is 0.250 e. The molecular formula is C19H21N5O2. The molecule has 2 aromatic heterocycles. The molecule has 5 rings (SSSR count). The van der Waals surface area contributed by atoms with Gasteiger partial charge in [0, 0.05) is 11.9 Å². The van der Waals surface area contributed by atoms with Crippen LogP contribution in [0, 0.1) is 0 Å². The molecule has 0 bridgehead atoms. The zero-order chi connectivity index (χ0) is 17.7. The summed E-state index contributed by atoms with van der Waals surface area (Å²) in [5.74, 6) is 0.0312. The van der Waals surface area contributed by atoms with E-state index in [1.165, 1.54) is 5.56 Å². The number of rotatable bonds is 3. The van der Waals surface area contributed by atoms with E-state index in [9.17, 15) is 4.79 Å². The van der Waals surface area contributed by atoms with Gasteiger partial charge in [0.05, 0.1) is 42.2 Å². The van der Waals surface area contributed by atoms with Crippen LogP contribution in [0.15, 0.2) is 24.3 Å². The number of aromatic nitrogens is 3. The van der Waals surface area contributed by atoms with E-state index in [0.717, 1.165) is 54.0 Å². The highest BCUT2D eigenvalue weighted by atomic mass is 16.5. The number of hydrogen-bond acceptors (Lipinski definition) is 4. The first-order valence-corrected chi connectivity index (χ1v) is 9.01. The summed E-state index contributed by atoms with van der Waals surface area (Å²) in [4.78, 5) is 15.3. The molecule has 1 atom stereocenters. The van der Waals surface area contributed by atoms with Crippen molar-refractivity contribution in [1.29, 1.82) is 0 Å². The van der Waals surface area contributed by atoms with Gasteiger partial charge in [0.1, 0.15) is 5.69 Å². The number of primary amides is 1. The summed E-state index contributed by atoms with van der Waals surface area (Å²) in [6.45, 7) is 4.02. The normalized spacial score (nSPS) is 19.8. The van der Waals surface area contributed by atoms with Crippen LogP contribution in [-0.4, -0.2) is 40.4 Å². The fourth-order valence-corrected chi connectivity index (χ4v) is 4.08. The summed E-state index contributed by atoms with van der Waals surface area (Å²) in [5.41, 5.74) is 11.0. The van der Waals surface area contributed by atoms with E-state index in [2.05, 4.69) is 16.4 Å². The van der Waals surface area contributed by atoms with Gasteiger partial charge in [-0.15, -0.1) is 0 Å². The van der Waals surface area contributed by atoms with Crippen LogP contribution in [0.5, 0.6) is 0 Å². The van der Waals surface area contributed by atoms with Crippen LogP contribution in [0.25, 0.3) is 22.3 Å². The van der Waals surface area contributed by atoms with Gasteiger partial charge >= 0.3 is 0 Å². The maximum atomic E-state index is 11.9. The lowest BCUT2D eigenvalue weighted by Crippen LogP contribution is -2.16. The molecule has 7 nitrogen and oxygen atoms in total. The number of nitrogens with two attached hydrogens (primary N) is 1. The van der Waals surface area contributed by atoms with Crippen molar-refractivity contribution in [2.75, 3.05) is 19.7 Å². The zero-order valence-electron chi connectivity index (χ0n) is 14.4. The maximum absolute atomic E-state index is 11.9. The Morgan fingerprint density at radius 1 is 1.35 bits per heavy atom. The van der Waals surface area contributed by atoms with Crippen LogP contribution in [-0.2, 0) is 17.9 Å². The maximum Gasteiger partial charge on any atom is 0.250 e. The number of nitrogens with one attached hydrogen (secondary N) is 2. The molecule has 1 amide bonds. The van der Waals surface area contributed by atoms with E-state index in [1.54, 1.807) is 0 Å². The Balaban J connectivity index is 1.67. The molecule has 2 aliphatic heterocycles. The minimum Gasteiger partial charge on any atom is -0.373 e. The zero-order valence-corrected chi connectivity index (χ0v) is 14.4. The molecule has 26 heavy (non-hydrogen) atoms. The Morgan fingerprint density at radius 3 is 3.04 bits per heavy atom. The van der Waals surface area contributed by atoms with Gasteiger partial charge in [-0.2, -0.15) is 5.10 Å². The Morgan fingerprint density at radius 2 is 2.27 bits per heavy atom. The standard InChI is InChI=1S/C19H21N5O2/c20-19(25)14-2-1-13(11-3-4-21-9-11)15-8-16(22-18(14)15)17-7-12-10-26-6-5-24(12)23-17/h1-2,7-8,11,21-22H,3-6,9-10H2,(H2,20,25). The second kappa shape index (κ2) is 5.96. The number of fused-ring (bicyclic) bond motifs is 2. The summed E-state index contributed by atoms with van der Waals surface area (Å²) in [6.07, 6.45) is 1.10. The first kappa shape index (κ1) is 15.6. The fraction of sp³-hybridized carbons (Fsp3) is 0.368. The second-order valence-corrected chi connectivity index (χ2v) is 7.02. The van der Waals surface area contributed by atoms with Crippen LogP contribution in [0.3, 0.4) is 0 Å². The van der Waals surface area contributed by atoms with E-state index in [4.69, 9.17) is 15.6 Å². The molecule has 1 fully saturated rings. The molecule has 0 spiro atoms. The number of carbonyl (C=O) groups excluding carboxylic acids is 1. The summed E-state index contributed by atoms with van der Waals surface area (Å²) < 4.78 is 7.49. The van der Waals surface area contributed by atoms with Gasteiger partial charge in [0.2, 0.25) is 0 Å². The average molecular weight is 351 g/mol. The third kappa shape index (κ3) is 2.43. The third-order valence-electron chi connectivity index (χ3n) is 5.43.